The number of amides is 2. The van der Waals surface area contributed by atoms with Crippen LogP contribution < -0.4 is 10.6 Å². The zero-order valence-corrected chi connectivity index (χ0v) is 16.8. The summed E-state index contributed by atoms with van der Waals surface area (Å²) < 4.78 is 0. The molecule has 0 spiro atoms. The Morgan fingerprint density at radius 2 is 2.03 bits per heavy atom. The van der Waals surface area contributed by atoms with Crippen molar-refractivity contribution in [3.8, 4) is 0 Å². The molecule has 0 aliphatic carbocycles. The van der Waals surface area contributed by atoms with Crippen LogP contribution in [-0.4, -0.2) is 40.5 Å². The molecule has 4 N–H and O–H groups in total. The third-order valence-electron chi connectivity index (χ3n) is 4.23. The molecule has 0 fully saturated rings. The van der Waals surface area contributed by atoms with E-state index in [0.717, 1.165) is 10.9 Å². The molecule has 152 valence electrons. The van der Waals surface area contributed by atoms with E-state index in [-0.39, 0.29) is 23.1 Å². The molecule has 2 aromatic rings. The summed E-state index contributed by atoms with van der Waals surface area (Å²) in [5.74, 6) is -2.09. The molecule has 29 heavy (non-hydrogen) atoms. The van der Waals surface area contributed by atoms with Crippen molar-refractivity contribution in [1.82, 2.24) is 15.6 Å². The van der Waals surface area contributed by atoms with E-state index in [4.69, 9.17) is 16.7 Å². The van der Waals surface area contributed by atoms with Crippen molar-refractivity contribution in [2.75, 3.05) is 6.54 Å². The summed E-state index contributed by atoms with van der Waals surface area (Å²) in [4.78, 5) is 38.3. The number of aromatic amines is 1. The van der Waals surface area contributed by atoms with Crippen LogP contribution in [0.5, 0.6) is 0 Å². The molecule has 0 aliphatic heterocycles. The van der Waals surface area contributed by atoms with Crippen LogP contribution in [0.1, 0.15) is 24.2 Å². The first-order chi connectivity index (χ1) is 13.7. The predicted octanol–water partition coefficient (Wildman–Crippen LogP) is 3.11. The third kappa shape index (κ3) is 5.83. The molecule has 0 unspecified atom stereocenters. The van der Waals surface area contributed by atoms with Gasteiger partial charge < -0.3 is 20.7 Å². The van der Waals surface area contributed by atoms with Crippen LogP contribution >= 0.6 is 11.6 Å². The van der Waals surface area contributed by atoms with Crippen LogP contribution in [0.3, 0.4) is 0 Å². The summed E-state index contributed by atoms with van der Waals surface area (Å²) in [6, 6.07) is 6.16. The Bertz CT molecular complexity index is 1020. The van der Waals surface area contributed by atoms with E-state index in [2.05, 4.69) is 22.2 Å². The Hall–Kier alpha value is -3.32. The summed E-state index contributed by atoms with van der Waals surface area (Å²) in [5, 5.41) is 14.9. The molecule has 1 heterocycles. The summed E-state index contributed by atoms with van der Waals surface area (Å²) in [6.07, 6.45) is 5.05. The highest BCUT2D eigenvalue weighted by atomic mass is 35.5. The highest BCUT2D eigenvalue weighted by Gasteiger charge is 2.17. The molecule has 8 heteroatoms. The third-order valence-corrected chi connectivity index (χ3v) is 4.57. The molecule has 0 radical (unpaired) electrons. The zero-order valence-electron chi connectivity index (χ0n) is 16.1. The Labute approximate surface area is 173 Å². The van der Waals surface area contributed by atoms with Crippen LogP contribution in [0.4, 0.5) is 0 Å². The minimum absolute atomic E-state index is 0.0520. The normalized spacial score (nSPS) is 13.1. The number of aliphatic carboxylic acids is 1. The number of halogens is 1. The maximum Gasteiger partial charge on any atom is 0.325 e. The van der Waals surface area contributed by atoms with Gasteiger partial charge in [-0.2, -0.15) is 0 Å². The Balaban J connectivity index is 1.99. The first kappa shape index (κ1) is 22.0. The standard InChI is InChI=1S/C21H22ClN3O4/c1-4-14(9-17(22)12(2)19(26)25-13(3)21(28)29)11-24-20(27)16-5-6-18-15(10-16)7-8-23-18/h4-10,13,23H,2,11H2,1,3H3,(H,24,27)(H,25,26)(H,28,29)/b14-4+,17-9+/t13-/m0/s1. The van der Waals surface area contributed by atoms with E-state index in [1.54, 1.807) is 31.3 Å². The van der Waals surface area contributed by atoms with Crippen molar-refractivity contribution >= 4 is 40.3 Å². The second kappa shape index (κ2) is 9.75. The number of rotatable bonds is 8. The minimum Gasteiger partial charge on any atom is -0.480 e. The minimum atomic E-state index is -1.17. The molecular weight excluding hydrogens is 394 g/mol. The molecule has 2 amide bonds. The molecule has 1 atom stereocenters. The monoisotopic (exact) mass is 415 g/mol. The number of fused-ring (bicyclic) bond motifs is 1. The van der Waals surface area contributed by atoms with Gasteiger partial charge in [-0.15, -0.1) is 0 Å². The number of carbonyl (C=O) groups is 3. The number of carbonyl (C=O) groups excluding carboxylic acids is 2. The van der Waals surface area contributed by atoms with Gasteiger partial charge in [-0.3, -0.25) is 14.4 Å². The van der Waals surface area contributed by atoms with E-state index in [9.17, 15) is 14.4 Å². The van der Waals surface area contributed by atoms with Gasteiger partial charge in [0.1, 0.15) is 6.04 Å². The fourth-order valence-corrected chi connectivity index (χ4v) is 2.65. The quantitative estimate of drug-likeness (QED) is 0.392. The van der Waals surface area contributed by atoms with Crippen LogP contribution in [0, 0.1) is 0 Å². The van der Waals surface area contributed by atoms with Crippen LogP contribution in [-0.2, 0) is 9.59 Å². The molecule has 2 rings (SSSR count). The first-order valence-corrected chi connectivity index (χ1v) is 9.21. The number of carboxylic acids is 1. The summed E-state index contributed by atoms with van der Waals surface area (Å²) >= 11 is 6.14. The molecule has 0 bridgehead atoms. The molecular formula is C21H22ClN3O4. The first-order valence-electron chi connectivity index (χ1n) is 8.83. The smallest absolute Gasteiger partial charge is 0.325 e. The van der Waals surface area contributed by atoms with Gasteiger partial charge in [-0.1, -0.05) is 24.3 Å². The van der Waals surface area contributed by atoms with Crippen LogP contribution in [0.25, 0.3) is 10.9 Å². The Morgan fingerprint density at radius 1 is 1.31 bits per heavy atom. The topological polar surface area (TPSA) is 111 Å². The van der Waals surface area contributed by atoms with Gasteiger partial charge in [0, 0.05) is 29.2 Å². The second-order valence-electron chi connectivity index (χ2n) is 6.33. The number of allylic oxidation sites excluding steroid dienone is 1. The average Bonchev–Trinajstić information content (AvgIpc) is 3.17. The zero-order chi connectivity index (χ0) is 21.6. The number of hydrogen-bond donors (Lipinski definition) is 4. The number of benzene rings is 1. The van der Waals surface area contributed by atoms with Crippen molar-refractivity contribution in [2.24, 2.45) is 0 Å². The molecule has 0 aliphatic rings. The van der Waals surface area contributed by atoms with Crippen molar-refractivity contribution in [3.63, 3.8) is 0 Å². The molecule has 7 nitrogen and oxygen atoms in total. The average molecular weight is 416 g/mol. The van der Waals surface area contributed by atoms with Crippen LogP contribution in [0.15, 0.2) is 65.4 Å². The van der Waals surface area contributed by atoms with E-state index in [1.165, 1.54) is 13.0 Å². The SMILES string of the molecule is C=C(C(=O)N[C@@H](C)C(=O)O)/C(Cl)=C\C(=C/C)CNC(=O)c1ccc2[nH]ccc2c1. The number of carboxylic acid groups (broad SMARTS) is 1. The van der Waals surface area contributed by atoms with Gasteiger partial charge >= 0.3 is 5.97 Å². The van der Waals surface area contributed by atoms with Gasteiger partial charge in [0.15, 0.2) is 0 Å². The van der Waals surface area contributed by atoms with Gasteiger partial charge in [-0.25, -0.2) is 0 Å². The van der Waals surface area contributed by atoms with Crippen molar-refractivity contribution in [1.29, 1.82) is 0 Å². The molecule has 1 aromatic heterocycles. The molecule has 0 saturated heterocycles. The lowest BCUT2D eigenvalue weighted by molar-refractivity contribution is -0.140. The highest BCUT2D eigenvalue weighted by Crippen LogP contribution is 2.17. The Kier molecular flexibility index (Phi) is 7.39. The lowest BCUT2D eigenvalue weighted by Gasteiger charge is -2.11. The fourth-order valence-electron chi connectivity index (χ4n) is 2.42. The molecule has 1 aromatic carbocycles. The summed E-state index contributed by atoms with van der Waals surface area (Å²) in [5.41, 5.74) is 2.06. The van der Waals surface area contributed by atoms with Gasteiger partial charge in [0.25, 0.3) is 11.8 Å². The van der Waals surface area contributed by atoms with Crippen molar-refractivity contribution in [3.05, 3.63) is 70.9 Å². The lowest BCUT2D eigenvalue weighted by atomic mass is 10.1. The van der Waals surface area contributed by atoms with Gasteiger partial charge in [-0.05, 0) is 49.8 Å². The Morgan fingerprint density at radius 3 is 2.69 bits per heavy atom. The lowest BCUT2D eigenvalue weighted by Crippen LogP contribution is -2.39. The number of H-pyrrole nitrogens is 1. The summed E-state index contributed by atoms with van der Waals surface area (Å²) in [7, 11) is 0. The van der Waals surface area contributed by atoms with E-state index >= 15 is 0 Å². The van der Waals surface area contributed by atoms with Crippen molar-refractivity contribution in [2.45, 2.75) is 19.9 Å². The summed E-state index contributed by atoms with van der Waals surface area (Å²) in [6.45, 7) is 6.89. The molecule has 0 saturated carbocycles. The maximum atomic E-state index is 12.4. The predicted molar refractivity (Wildman–Crippen MR) is 113 cm³/mol. The maximum absolute atomic E-state index is 12.4. The van der Waals surface area contributed by atoms with Gasteiger partial charge in [0.2, 0.25) is 0 Å². The van der Waals surface area contributed by atoms with E-state index in [1.807, 2.05) is 12.1 Å². The highest BCUT2D eigenvalue weighted by molar-refractivity contribution is 6.35. The largest absolute Gasteiger partial charge is 0.480 e. The second-order valence-corrected chi connectivity index (χ2v) is 6.74. The van der Waals surface area contributed by atoms with E-state index < -0.39 is 17.9 Å². The van der Waals surface area contributed by atoms with Crippen molar-refractivity contribution < 1.29 is 19.5 Å². The fraction of sp³-hybridized carbons (Fsp3) is 0.190. The number of aromatic nitrogens is 1. The van der Waals surface area contributed by atoms with E-state index in [0.29, 0.717) is 11.1 Å². The number of nitrogens with one attached hydrogen (secondary N) is 3. The number of hydrogen-bond acceptors (Lipinski definition) is 3. The van der Waals surface area contributed by atoms with Crippen LogP contribution in [0.2, 0.25) is 0 Å². The van der Waals surface area contributed by atoms with Gasteiger partial charge in [0.05, 0.1) is 10.6 Å².